The zero-order chi connectivity index (χ0) is 17.0. The second kappa shape index (κ2) is 7.84. The molecule has 2 fully saturated rings. The molecular formula is C17H26F4O2. The van der Waals surface area contributed by atoms with E-state index in [4.69, 9.17) is 4.74 Å². The molecule has 2 aliphatic rings. The molecule has 0 aromatic heterocycles. The van der Waals surface area contributed by atoms with Crippen LogP contribution in [0.15, 0.2) is 0 Å². The fourth-order valence-electron chi connectivity index (χ4n) is 3.86. The normalized spacial score (nSPS) is 35.8. The van der Waals surface area contributed by atoms with Crippen molar-refractivity contribution < 1.29 is 27.1 Å². The molecule has 0 amide bonds. The number of halogens is 4. The summed E-state index contributed by atoms with van der Waals surface area (Å²) in [5, 5.41) is 0. The standard InChI is InChI=1S/C17H26F4O2/c1-2-3-11-4-6-12(7-5-11)16(22)23-15-9-8-13(10-14(15)18)17(19,20)21/h11-15H,2-10H2,1H3. The summed E-state index contributed by atoms with van der Waals surface area (Å²) in [6, 6.07) is 0. The Bertz CT molecular complexity index is 389. The molecule has 0 N–H and O–H groups in total. The predicted molar refractivity (Wildman–Crippen MR) is 78.5 cm³/mol. The van der Waals surface area contributed by atoms with Gasteiger partial charge in [-0.05, 0) is 50.9 Å². The van der Waals surface area contributed by atoms with E-state index in [2.05, 4.69) is 6.92 Å². The van der Waals surface area contributed by atoms with Gasteiger partial charge in [-0.2, -0.15) is 13.2 Å². The number of esters is 1. The third-order valence-corrected chi connectivity index (χ3v) is 5.32. The summed E-state index contributed by atoms with van der Waals surface area (Å²) in [4.78, 5) is 12.1. The third kappa shape index (κ3) is 5.08. The van der Waals surface area contributed by atoms with Gasteiger partial charge in [0.25, 0.3) is 0 Å². The molecule has 3 unspecified atom stereocenters. The zero-order valence-electron chi connectivity index (χ0n) is 13.6. The Balaban J connectivity index is 1.78. The molecule has 0 heterocycles. The molecule has 0 aliphatic heterocycles. The first-order valence-electron chi connectivity index (χ1n) is 8.72. The molecule has 2 aliphatic carbocycles. The summed E-state index contributed by atoms with van der Waals surface area (Å²) >= 11 is 0. The lowest BCUT2D eigenvalue weighted by Gasteiger charge is -2.34. The number of hydrogen-bond donors (Lipinski definition) is 0. The van der Waals surface area contributed by atoms with E-state index in [-0.39, 0.29) is 18.8 Å². The Morgan fingerprint density at radius 3 is 2.26 bits per heavy atom. The zero-order valence-corrected chi connectivity index (χ0v) is 13.6. The van der Waals surface area contributed by atoms with Crippen molar-refractivity contribution in [1.29, 1.82) is 0 Å². The van der Waals surface area contributed by atoms with Gasteiger partial charge in [-0.25, -0.2) is 4.39 Å². The number of carbonyl (C=O) groups excluding carboxylic acids is 1. The van der Waals surface area contributed by atoms with E-state index in [0.717, 1.165) is 38.5 Å². The summed E-state index contributed by atoms with van der Waals surface area (Å²) in [5.41, 5.74) is 0. The second-order valence-electron chi connectivity index (χ2n) is 7.05. The van der Waals surface area contributed by atoms with E-state index in [1.165, 1.54) is 0 Å². The van der Waals surface area contributed by atoms with Crippen molar-refractivity contribution in [2.45, 2.75) is 83.2 Å². The molecule has 0 aromatic rings. The monoisotopic (exact) mass is 338 g/mol. The van der Waals surface area contributed by atoms with Gasteiger partial charge in [-0.1, -0.05) is 19.8 Å². The van der Waals surface area contributed by atoms with Gasteiger partial charge in [-0.3, -0.25) is 4.79 Å². The van der Waals surface area contributed by atoms with Gasteiger partial charge < -0.3 is 4.74 Å². The van der Waals surface area contributed by atoms with Crippen molar-refractivity contribution in [2.75, 3.05) is 0 Å². The van der Waals surface area contributed by atoms with Crippen LogP contribution in [0.4, 0.5) is 17.6 Å². The average Bonchev–Trinajstić information content (AvgIpc) is 2.49. The Hall–Kier alpha value is -0.810. The second-order valence-corrected chi connectivity index (χ2v) is 7.05. The molecule has 0 spiro atoms. The van der Waals surface area contributed by atoms with Gasteiger partial charge in [0.2, 0.25) is 0 Å². The van der Waals surface area contributed by atoms with Crippen LogP contribution in [-0.4, -0.2) is 24.4 Å². The van der Waals surface area contributed by atoms with Gasteiger partial charge in [0.05, 0.1) is 11.8 Å². The van der Waals surface area contributed by atoms with Crippen molar-refractivity contribution in [2.24, 2.45) is 17.8 Å². The smallest absolute Gasteiger partial charge is 0.391 e. The van der Waals surface area contributed by atoms with Crippen LogP contribution in [0.1, 0.15) is 64.7 Å². The number of rotatable bonds is 4. The van der Waals surface area contributed by atoms with Crippen LogP contribution in [0.25, 0.3) is 0 Å². The average molecular weight is 338 g/mol. The number of alkyl halides is 4. The quantitative estimate of drug-likeness (QED) is 0.520. The molecular weight excluding hydrogens is 312 g/mol. The predicted octanol–water partition coefficient (Wildman–Crippen LogP) is 5.21. The lowest BCUT2D eigenvalue weighted by Crippen LogP contribution is -2.40. The van der Waals surface area contributed by atoms with Crippen molar-refractivity contribution in [3.8, 4) is 0 Å². The highest BCUT2D eigenvalue weighted by Gasteiger charge is 2.46. The Morgan fingerprint density at radius 2 is 1.74 bits per heavy atom. The van der Waals surface area contributed by atoms with Gasteiger partial charge in [0.1, 0.15) is 12.3 Å². The minimum Gasteiger partial charge on any atom is -0.459 e. The summed E-state index contributed by atoms with van der Waals surface area (Å²) < 4.78 is 57.0. The van der Waals surface area contributed by atoms with Gasteiger partial charge in [0, 0.05) is 0 Å². The largest absolute Gasteiger partial charge is 0.459 e. The van der Waals surface area contributed by atoms with E-state index < -0.39 is 36.8 Å². The lowest BCUT2D eigenvalue weighted by molar-refractivity contribution is -0.198. The first-order valence-corrected chi connectivity index (χ1v) is 8.72. The van der Waals surface area contributed by atoms with E-state index in [0.29, 0.717) is 5.92 Å². The molecule has 23 heavy (non-hydrogen) atoms. The topological polar surface area (TPSA) is 26.3 Å². The maximum Gasteiger partial charge on any atom is 0.391 e. The van der Waals surface area contributed by atoms with Crippen molar-refractivity contribution >= 4 is 5.97 Å². The van der Waals surface area contributed by atoms with Crippen LogP contribution < -0.4 is 0 Å². The fourth-order valence-corrected chi connectivity index (χ4v) is 3.86. The highest BCUT2D eigenvalue weighted by Crippen LogP contribution is 2.40. The van der Waals surface area contributed by atoms with Gasteiger partial charge in [0.15, 0.2) is 0 Å². The van der Waals surface area contributed by atoms with Gasteiger partial charge in [-0.15, -0.1) is 0 Å². The third-order valence-electron chi connectivity index (χ3n) is 5.32. The summed E-state index contributed by atoms with van der Waals surface area (Å²) in [5.74, 6) is -1.59. The maximum atomic E-state index is 13.9. The molecule has 2 saturated carbocycles. The van der Waals surface area contributed by atoms with Crippen LogP contribution in [0.3, 0.4) is 0 Å². The highest BCUT2D eigenvalue weighted by molar-refractivity contribution is 5.72. The fraction of sp³-hybridized carbons (Fsp3) is 0.941. The lowest BCUT2D eigenvalue weighted by atomic mass is 9.80. The molecule has 6 heteroatoms. The first kappa shape index (κ1) is 18.5. The molecule has 134 valence electrons. The summed E-state index contributed by atoms with van der Waals surface area (Å²) in [6.07, 6.45) is -2.13. The molecule has 2 rings (SSSR count). The van der Waals surface area contributed by atoms with Crippen LogP contribution in [0, 0.1) is 17.8 Å². The van der Waals surface area contributed by atoms with E-state index in [1.807, 2.05) is 0 Å². The Labute approximate surface area is 135 Å². The SMILES string of the molecule is CCCC1CCC(C(=O)OC2CCC(C(F)(F)F)CC2F)CC1. The number of hydrogen-bond acceptors (Lipinski definition) is 2. The first-order chi connectivity index (χ1) is 10.8. The van der Waals surface area contributed by atoms with Crippen LogP contribution >= 0.6 is 0 Å². The van der Waals surface area contributed by atoms with Crippen molar-refractivity contribution in [3.05, 3.63) is 0 Å². The molecule has 0 bridgehead atoms. The molecule has 0 radical (unpaired) electrons. The number of ether oxygens (including phenoxy) is 1. The minimum atomic E-state index is -4.36. The number of carbonyl (C=O) groups is 1. The highest BCUT2D eigenvalue weighted by atomic mass is 19.4. The van der Waals surface area contributed by atoms with E-state index >= 15 is 0 Å². The van der Waals surface area contributed by atoms with E-state index in [9.17, 15) is 22.4 Å². The Morgan fingerprint density at radius 1 is 1.09 bits per heavy atom. The van der Waals surface area contributed by atoms with Gasteiger partial charge >= 0.3 is 12.1 Å². The molecule has 2 nitrogen and oxygen atoms in total. The maximum absolute atomic E-state index is 13.9. The minimum absolute atomic E-state index is 0.0394. The van der Waals surface area contributed by atoms with Crippen LogP contribution in [0.2, 0.25) is 0 Å². The molecule has 3 atom stereocenters. The summed E-state index contributed by atoms with van der Waals surface area (Å²) in [7, 11) is 0. The van der Waals surface area contributed by atoms with Crippen molar-refractivity contribution in [1.82, 2.24) is 0 Å². The van der Waals surface area contributed by atoms with Crippen LogP contribution in [0.5, 0.6) is 0 Å². The van der Waals surface area contributed by atoms with E-state index in [1.54, 1.807) is 0 Å². The Kier molecular flexibility index (Phi) is 6.32. The van der Waals surface area contributed by atoms with Crippen LogP contribution in [-0.2, 0) is 9.53 Å². The molecule has 0 aromatic carbocycles. The summed E-state index contributed by atoms with van der Waals surface area (Å²) in [6.45, 7) is 2.14. The van der Waals surface area contributed by atoms with Crippen molar-refractivity contribution in [3.63, 3.8) is 0 Å². The molecule has 0 saturated heterocycles.